The third kappa shape index (κ3) is 3.50. The molecule has 1 aromatic rings. The summed E-state index contributed by atoms with van der Waals surface area (Å²) in [6.07, 6.45) is 0.762. The summed E-state index contributed by atoms with van der Waals surface area (Å²) in [7, 11) is 0. The SMILES string of the molecule is CC#CCCNc1cc(Cl)nc(N)n1. The molecular weight excluding hydrogens is 200 g/mol. The van der Waals surface area contributed by atoms with E-state index in [0.29, 0.717) is 17.5 Å². The lowest BCUT2D eigenvalue weighted by molar-refractivity contribution is 1.06. The molecule has 0 radical (unpaired) electrons. The number of hydrogen-bond acceptors (Lipinski definition) is 4. The van der Waals surface area contributed by atoms with Crippen LogP contribution in [0.4, 0.5) is 11.8 Å². The Morgan fingerprint density at radius 3 is 3.00 bits per heavy atom. The number of anilines is 2. The fraction of sp³-hybridized carbons (Fsp3) is 0.333. The first-order valence-electron chi connectivity index (χ1n) is 4.16. The highest BCUT2D eigenvalue weighted by atomic mass is 35.5. The van der Waals surface area contributed by atoms with Gasteiger partial charge in [-0.15, -0.1) is 11.8 Å². The molecule has 1 rings (SSSR count). The van der Waals surface area contributed by atoms with Crippen LogP contribution in [0.1, 0.15) is 13.3 Å². The zero-order valence-corrected chi connectivity index (χ0v) is 8.60. The molecule has 0 aliphatic rings. The van der Waals surface area contributed by atoms with Gasteiger partial charge in [-0.05, 0) is 6.92 Å². The molecule has 5 heteroatoms. The molecule has 0 aliphatic heterocycles. The monoisotopic (exact) mass is 210 g/mol. The Labute approximate surface area is 87.9 Å². The van der Waals surface area contributed by atoms with Crippen LogP contribution in [0.2, 0.25) is 5.15 Å². The van der Waals surface area contributed by atoms with Crippen molar-refractivity contribution in [2.24, 2.45) is 0 Å². The summed E-state index contributed by atoms with van der Waals surface area (Å²) in [4.78, 5) is 7.70. The lowest BCUT2D eigenvalue weighted by Crippen LogP contribution is -2.05. The van der Waals surface area contributed by atoms with Gasteiger partial charge in [-0.1, -0.05) is 11.6 Å². The minimum Gasteiger partial charge on any atom is -0.369 e. The summed E-state index contributed by atoms with van der Waals surface area (Å²) >= 11 is 5.69. The van der Waals surface area contributed by atoms with Crippen LogP contribution in [0, 0.1) is 11.8 Å². The maximum atomic E-state index is 5.69. The molecular formula is C9H11ClN4. The summed E-state index contributed by atoms with van der Waals surface area (Å²) in [6.45, 7) is 2.52. The first-order chi connectivity index (χ1) is 6.72. The largest absolute Gasteiger partial charge is 0.369 e. The number of aromatic nitrogens is 2. The van der Waals surface area contributed by atoms with Gasteiger partial charge in [0.1, 0.15) is 11.0 Å². The molecule has 0 amide bonds. The van der Waals surface area contributed by atoms with Gasteiger partial charge in [0, 0.05) is 19.0 Å². The number of hydrogen-bond donors (Lipinski definition) is 2. The molecule has 0 fully saturated rings. The Hall–Kier alpha value is -1.47. The fourth-order valence-corrected chi connectivity index (χ4v) is 1.09. The summed E-state index contributed by atoms with van der Waals surface area (Å²) in [5.74, 6) is 6.52. The molecule has 0 saturated heterocycles. The van der Waals surface area contributed by atoms with Crippen LogP contribution in [0.3, 0.4) is 0 Å². The molecule has 4 nitrogen and oxygen atoms in total. The van der Waals surface area contributed by atoms with E-state index >= 15 is 0 Å². The quantitative estimate of drug-likeness (QED) is 0.451. The average molecular weight is 211 g/mol. The van der Waals surface area contributed by atoms with Gasteiger partial charge >= 0.3 is 0 Å². The third-order valence-electron chi connectivity index (χ3n) is 1.45. The molecule has 0 aliphatic carbocycles. The van der Waals surface area contributed by atoms with Crippen LogP contribution in [-0.2, 0) is 0 Å². The molecule has 0 aromatic carbocycles. The first-order valence-corrected chi connectivity index (χ1v) is 4.53. The lowest BCUT2D eigenvalue weighted by Gasteiger charge is -2.03. The Kier molecular flexibility index (Phi) is 4.02. The van der Waals surface area contributed by atoms with Crippen molar-refractivity contribution in [1.82, 2.24) is 9.97 Å². The lowest BCUT2D eigenvalue weighted by atomic mass is 10.4. The van der Waals surface area contributed by atoms with Gasteiger partial charge in [-0.3, -0.25) is 0 Å². The van der Waals surface area contributed by atoms with E-state index in [4.69, 9.17) is 17.3 Å². The highest BCUT2D eigenvalue weighted by molar-refractivity contribution is 6.29. The zero-order valence-electron chi connectivity index (χ0n) is 7.84. The normalized spacial score (nSPS) is 9.00. The van der Waals surface area contributed by atoms with Crippen LogP contribution >= 0.6 is 11.6 Å². The van der Waals surface area contributed by atoms with Gasteiger partial charge in [-0.25, -0.2) is 4.98 Å². The minimum atomic E-state index is 0.168. The van der Waals surface area contributed by atoms with E-state index < -0.39 is 0 Å². The second-order valence-corrected chi connectivity index (χ2v) is 2.92. The molecule has 0 bridgehead atoms. The second-order valence-electron chi connectivity index (χ2n) is 2.54. The molecule has 14 heavy (non-hydrogen) atoms. The summed E-state index contributed by atoms with van der Waals surface area (Å²) in [6, 6.07) is 1.62. The fourth-order valence-electron chi connectivity index (χ4n) is 0.904. The van der Waals surface area contributed by atoms with E-state index in [9.17, 15) is 0 Å². The van der Waals surface area contributed by atoms with Crippen molar-refractivity contribution in [3.8, 4) is 11.8 Å². The van der Waals surface area contributed by atoms with Gasteiger partial charge in [-0.2, -0.15) is 4.98 Å². The van der Waals surface area contributed by atoms with E-state index in [1.807, 2.05) is 0 Å². The topological polar surface area (TPSA) is 63.8 Å². The summed E-state index contributed by atoms with van der Waals surface area (Å²) in [5, 5.41) is 3.38. The van der Waals surface area contributed by atoms with Gasteiger partial charge in [0.2, 0.25) is 5.95 Å². The van der Waals surface area contributed by atoms with Crippen molar-refractivity contribution in [3.05, 3.63) is 11.2 Å². The molecule has 1 aromatic heterocycles. The number of halogens is 1. The van der Waals surface area contributed by atoms with Crippen molar-refractivity contribution in [2.75, 3.05) is 17.6 Å². The smallest absolute Gasteiger partial charge is 0.223 e. The predicted molar refractivity (Wildman–Crippen MR) is 58.0 cm³/mol. The highest BCUT2D eigenvalue weighted by Gasteiger charge is 1.98. The Morgan fingerprint density at radius 1 is 1.57 bits per heavy atom. The van der Waals surface area contributed by atoms with Crippen molar-refractivity contribution >= 4 is 23.4 Å². The van der Waals surface area contributed by atoms with E-state index in [-0.39, 0.29) is 5.95 Å². The summed E-state index contributed by atoms with van der Waals surface area (Å²) < 4.78 is 0. The minimum absolute atomic E-state index is 0.168. The van der Waals surface area contributed by atoms with Crippen LogP contribution < -0.4 is 11.1 Å². The average Bonchev–Trinajstić information content (AvgIpc) is 2.11. The number of nitrogens with two attached hydrogens (primary N) is 1. The van der Waals surface area contributed by atoms with E-state index in [1.165, 1.54) is 0 Å². The van der Waals surface area contributed by atoms with Crippen molar-refractivity contribution in [3.63, 3.8) is 0 Å². The van der Waals surface area contributed by atoms with Crippen LogP contribution in [0.25, 0.3) is 0 Å². The van der Waals surface area contributed by atoms with Crippen LogP contribution in [-0.4, -0.2) is 16.5 Å². The van der Waals surface area contributed by atoms with Gasteiger partial charge in [0.15, 0.2) is 0 Å². The molecule has 0 atom stereocenters. The molecule has 74 valence electrons. The van der Waals surface area contributed by atoms with E-state index in [0.717, 1.165) is 6.42 Å². The standard InChI is InChI=1S/C9H11ClN4/c1-2-3-4-5-12-8-6-7(10)13-9(11)14-8/h6H,4-5H2,1H3,(H3,11,12,13,14). The molecule has 0 spiro atoms. The van der Waals surface area contributed by atoms with E-state index in [1.54, 1.807) is 13.0 Å². The third-order valence-corrected chi connectivity index (χ3v) is 1.64. The number of nitrogen functional groups attached to an aromatic ring is 1. The Bertz CT molecular complexity index is 347. The number of nitrogens with one attached hydrogen (secondary N) is 1. The highest BCUT2D eigenvalue weighted by Crippen LogP contribution is 2.11. The maximum absolute atomic E-state index is 5.69. The van der Waals surface area contributed by atoms with Gasteiger partial charge < -0.3 is 11.1 Å². The predicted octanol–water partition coefficient (Wildman–Crippen LogP) is 1.54. The van der Waals surface area contributed by atoms with Crippen LogP contribution in [0.5, 0.6) is 0 Å². The number of nitrogens with zero attached hydrogens (tertiary/aromatic N) is 2. The van der Waals surface area contributed by atoms with Crippen molar-refractivity contribution in [1.29, 1.82) is 0 Å². The molecule has 0 unspecified atom stereocenters. The Morgan fingerprint density at radius 2 is 2.36 bits per heavy atom. The Balaban J connectivity index is 2.53. The first kappa shape index (κ1) is 10.6. The summed E-state index contributed by atoms with van der Waals surface area (Å²) in [5.41, 5.74) is 5.42. The van der Waals surface area contributed by atoms with Crippen molar-refractivity contribution < 1.29 is 0 Å². The number of rotatable bonds is 3. The maximum Gasteiger partial charge on any atom is 0.223 e. The molecule has 0 saturated carbocycles. The molecule has 1 heterocycles. The van der Waals surface area contributed by atoms with Crippen LogP contribution in [0.15, 0.2) is 6.07 Å². The zero-order chi connectivity index (χ0) is 10.4. The molecule has 3 N–H and O–H groups in total. The second kappa shape index (κ2) is 5.30. The van der Waals surface area contributed by atoms with Gasteiger partial charge in [0.05, 0.1) is 0 Å². The van der Waals surface area contributed by atoms with E-state index in [2.05, 4.69) is 27.1 Å². The van der Waals surface area contributed by atoms with Gasteiger partial charge in [0.25, 0.3) is 0 Å². The van der Waals surface area contributed by atoms with Crippen molar-refractivity contribution in [2.45, 2.75) is 13.3 Å².